The first-order valence-electron chi connectivity index (χ1n) is 7.98. The van der Waals surface area contributed by atoms with Gasteiger partial charge in [-0.3, -0.25) is 4.79 Å². The predicted molar refractivity (Wildman–Crippen MR) is 96.8 cm³/mol. The van der Waals surface area contributed by atoms with E-state index >= 15 is 0 Å². The third kappa shape index (κ3) is 5.01. The van der Waals surface area contributed by atoms with Crippen LogP contribution in [-0.4, -0.2) is 31.7 Å². The zero-order valence-corrected chi connectivity index (χ0v) is 14.6. The highest BCUT2D eigenvalue weighted by atomic mass is 16.5. The molecule has 0 unspecified atom stereocenters. The number of allylic oxidation sites excluding steroid dienone is 1. The molecule has 0 spiro atoms. The van der Waals surface area contributed by atoms with E-state index in [4.69, 9.17) is 14.2 Å². The molecule has 0 aliphatic carbocycles. The number of carbonyl (C=O) groups excluding carboxylic acids is 1. The summed E-state index contributed by atoms with van der Waals surface area (Å²) in [4.78, 5) is 12.4. The van der Waals surface area contributed by atoms with E-state index in [1.54, 1.807) is 42.5 Å². The Morgan fingerprint density at radius 3 is 2.32 bits per heavy atom. The van der Waals surface area contributed by atoms with Gasteiger partial charge in [-0.15, -0.1) is 0 Å². The lowest BCUT2D eigenvalue weighted by Gasteiger charge is -2.07. The van der Waals surface area contributed by atoms with Gasteiger partial charge in [0, 0.05) is 11.6 Å². The smallest absolute Gasteiger partial charge is 0.186 e. The van der Waals surface area contributed by atoms with E-state index in [2.05, 4.69) is 0 Å². The molecule has 0 radical (unpaired) electrons. The zero-order chi connectivity index (χ0) is 18.2. The first-order valence-corrected chi connectivity index (χ1v) is 7.98. The fraction of sp³-hybridized carbons (Fsp3) is 0.250. The van der Waals surface area contributed by atoms with Gasteiger partial charge in [-0.2, -0.15) is 0 Å². The largest absolute Gasteiger partial charge is 0.504 e. The van der Waals surface area contributed by atoms with Gasteiger partial charge in [-0.1, -0.05) is 19.1 Å². The quantitative estimate of drug-likeness (QED) is 0.578. The third-order valence-electron chi connectivity index (χ3n) is 3.51. The summed E-state index contributed by atoms with van der Waals surface area (Å²) in [7, 11) is 3.06. The maximum Gasteiger partial charge on any atom is 0.186 e. The zero-order valence-electron chi connectivity index (χ0n) is 14.6. The highest BCUT2D eigenvalue weighted by Gasteiger charge is 2.08. The fourth-order valence-electron chi connectivity index (χ4n) is 2.19. The molecule has 0 saturated heterocycles. The number of ether oxygens (including phenoxy) is 3. The van der Waals surface area contributed by atoms with Crippen molar-refractivity contribution in [2.24, 2.45) is 0 Å². The number of hydrogen-bond donors (Lipinski definition) is 1. The van der Waals surface area contributed by atoms with Crippen LogP contribution in [0.25, 0.3) is 6.08 Å². The molecular weight excluding hydrogens is 320 g/mol. The molecule has 5 nitrogen and oxygen atoms in total. The van der Waals surface area contributed by atoms with Gasteiger partial charge in [0.2, 0.25) is 0 Å². The number of benzene rings is 2. The second-order valence-corrected chi connectivity index (χ2v) is 5.37. The Kier molecular flexibility index (Phi) is 6.46. The van der Waals surface area contributed by atoms with Crippen molar-refractivity contribution in [2.75, 3.05) is 20.8 Å². The van der Waals surface area contributed by atoms with Gasteiger partial charge in [0.05, 0.1) is 20.8 Å². The Balaban J connectivity index is 2.16. The minimum atomic E-state index is -0.192. The first kappa shape index (κ1) is 18.4. The van der Waals surface area contributed by atoms with Gasteiger partial charge in [0.15, 0.2) is 17.3 Å². The molecule has 0 amide bonds. The van der Waals surface area contributed by atoms with E-state index < -0.39 is 0 Å². The van der Waals surface area contributed by atoms with Crippen LogP contribution in [-0.2, 0) is 0 Å². The number of rotatable bonds is 8. The molecule has 0 aliphatic heterocycles. The van der Waals surface area contributed by atoms with Crippen molar-refractivity contribution in [1.82, 2.24) is 0 Å². The van der Waals surface area contributed by atoms with E-state index in [1.165, 1.54) is 20.3 Å². The molecule has 0 atom stereocenters. The Bertz CT molecular complexity index is 742. The summed E-state index contributed by atoms with van der Waals surface area (Å²) in [5, 5.41) is 9.96. The fourth-order valence-corrected chi connectivity index (χ4v) is 2.19. The van der Waals surface area contributed by atoms with Crippen LogP contribution in [0.5, 0.6) is 23.0 Å². The molecule has 5 heteroatoms. The number of carbonyl (C=O) groups is 1. The van der Waals surface area contributed by atoms with Crippen molar-refractivity contribution in [1.29, 1.82) is 0 Å². The molecule has 0 heterocycles. The Morgan fingerprint density at radius 2 is 1.76 bits per heavy atom. The number of phenolic OH excluding ortho intramolecular Hbond substituents is 1. The summed E-state index contributed by atoms with van der Waals surface area (Å²) in [6, 6.07) is 10.0. The Morgan fingerprint density at radius 1 is 1.08 bits per heavy atom. The number of ketones is 1. The van der Waals surface area contributed by atoms with E-state index in [9.17, 15) is 9.90 Å². The van der Waals surface area contributed by atoms with Crippen LogP contribution in [0, 0.1) is 0 Å². The number of phenols is 1. The van der Waals surface area contributed by atoms with Crippen molar-refractivity contribution < 1.29 is 24.1 Å². The maximum absolute atomic E-state index is 12.4. The van der Waals surface area contributed by atoms with Crippen LogP contribution in [0.4, 0.5) is 0 Å². The average molecular weight is 342 g/mol. The van der Waals surface area contributed by atoms with Crippen LogP contribution in [0.15, 0.2) is 42.5 Å². The van der Waals surface area contributed by atoms with E-state index in [-0.39, 0.29) is 11.5 Å². The molecule has 2 aromatic rings. The number of hydrogen-bond acceptors (Lipinski definition) is 5. The van der Waals surface area contributed by atoms with E-state index in [0.29, 0.717) is 35.0 Å². The number of aromatic hydroxyl groups is 1. The topological polar surface area (TPSA) is 65.0 Å². The molecule has 132 valence electrons. The summed E-state index contributed by atoms with van der Waals surface area (Å²) >= 11 is 0. The standard InChI is InChI=1S/C20H22O5/c1-4-9-25-20-8-6-14(10-19(20)22)5-7-18(21)15-11-16(23-2)13-17(12-15)24-3/h5-8,10-13,22H,4,9H2,1-3H3/b7-5+. The molecule has 25 heavy (non-hydrogen) atoms. The van der Waals surface area contributed by atoms with Crippen molar-refractivity contribution >= 4 is 11.9 Å². The minimum absolute atomic E-state index is 0.0473. The van der Waals surface area contributed by atoms with Gasteiger partial charge in [-0.25, -0.2) is 0 Å². The van der Waals surface area contributed by atoms with Crippen molar-refractivity contribution in [3.63, 3.8) is 0 Å². The summed E-state index contributed by atoms with van der Waals surface area (Å²) in [5.41, 5.74) is 1.16. The van der Waals surface area contributed by atoms with Crippen LogP contribution in [0.2, 0.25) is 0 Å². The monoisotopic (exact) mass is 342 g/mol. The molecule has 0 bridgehead atoms. The summed E-state index contributed by atoms with van der Waals surface area (Å²) in [5.74, 6) is 1.38. The Hall–Kier alpha value is -2.95. The summed E-state index contributed by atoms with van der Waals surface area (Å²) in [6.07, 6.45) is 3.94. The SMILES string of the molecule is CCCOc1ccc(/C=C/C(=O)c2cc(OC)cc(OC)c2)cc1O. The lowest BCUT2D eigenvalue weighted by Crippen LogP contribution is -1.97. The van der Waals surface area contributed by atoms with E-state index in [1.807, 2.05) is 6.92 Å². The average Bonchev–Trinajstić information content (AvgIpc) is 2.64. The molecule has 1 N–H and O–H groups in total. The predicted octanol–water partition coefficient (Wildman–Crippen LogP) is 4.09. The number of methoxy groups -OCH3 is 2. The molecule has 0 saturated carbocycles. The maximum atomic E-state index is 12.4. The van der Waals surface area contributed by atoms with Gasteiger partial charge in [0.25, 0.3) is 0 Å². The first-order chi connectivity index (χ1) is 12.1. The van der Waals surface area contributed by atoms with Gasteiger partial charge >= 0.3 is 0 Å². The highest BCUT2D eigenvalue weighted by molar-refractivity contribution is 6.07. The second-order valence-electron chi connectivity index (χ2n) is 5.37. The molecule has 2 aromatic carbocycles. The van der Waals surface area contributed by atoms with Crippen LogP contribution < -0.4 is 14.2 Å². The molecule has 0 aliphatic rings. The van der Waals surface area contributed by atoms with Crippen LogP contribution in [0.1, 0.15) is 29.3 Å². The second kappa shape index (κ2) is 8.78. The van der Waals surface area contributed by atoms with Gasteiger partial charge in [-0.05, 0) is 42.3 Å². The van der Waals surface area contributed by atoms with Crippen molar-refractivity contribution in [3.05, 3.63) is 53.6 Å². The minimum Gasteiger partial charge on any atom is -0.504 e. The Labute approximate surface area is 147 Å². The van der Waals surface area contributed by atoms with Gasteiger partial charge < -0.3 is 19.3 Å². The summed E-state index contributed by atoms with van der Waals surface area (Å²) < 4.78 is 15.8. The van der Waals surface area contributed by atoms with Crippen molar-refractivity contribution in [2.45, 2.75) is 13.3 Å². The third-order valence-corrected chi connectivity index (χ3v) is 3.51. The van der Waals surface area contributed by atoms with Crippen molar-refractivity contribution in [3.8, 4) is 23.0 Å². The van der Waals surface area contributed by atoms with Crippen LogP contribution in [0.3, 0.4) is 0 Å². The molecule has 2 rings (SSSR count). The normalized spacial score (nSPS) is 10.7. The molecular formula is C20H22O5. The lowest BCUT2D eigenvalue weighted by molar-refractivity contribution is 0.104. The van der Waals surface area contributed by atoms with E-state index in [0.717, 1.165) is 6.42 Å². The lowest BCUT2D eigenvalue weighted by atomic mass is 10.1. The van der Waals surface area contributed by atoms with Crippen LogP contribution >= 0.6 is 0 Å². The summed E-state index contributed by atoms with van der Waals surface area (Å²) in [6.45, 7) is 2.53. The molecule has 0 fully saturated rings. The van der Waals surface area contributed by atoms with Gasteiger partial charge in [0.1, 0.15) is 11.5 Å². The molecule has 0 aromatic heterocycles. The highest BCUT2D eigenvalue weighted by Crippen LogP contribution is 2.28.